The highest BCUT2D eigenvalue weighted by molar-refractivity contribution is 5.77. The summed E-state index contributed by atoms with van der Waals surface area (Å²) < 4.78 is 0. The van der Waals surface area contributed by atoms with Crippen molar-refractivity contribution in [3.8, 4) is 0 Å². The molecule has 2 rings (SSSR count). The lowest BCUT2D eigenvalue weighted by molar-refractivity contribution is -0.130. The maximum absolute atomic E-state index is 12.2. The van der Waals surface area contributed by atoms with Crippen LogP contribution >= 0.6 is 0 Å². The third kappa shape index (κ3) is 3.57. The fourth-order valence-electron chi connectivity index (χ4n) is 2.60. The highest BCUT2D eigenvalue weighted by Crippen LogP contribution is 2.22. The first-order valence-corrected chi connectivity index (χ1v) is 7.22. The first-order chi connectivity index (χ1) is 9.10. The van der Waals surface area contributed by atoms with Gasteiger partial charge in [0.05, 0.1) is 0 Å². The van der Waals surface area contributed by atoms with Crippen LogP contribution in [0, 0.1) is 0 Å². The van der Waals surface area contributed by atoms with Crippen LogP contribution in [-0.4, -0.2) is 29.9 Å². The fraction of sp³-hybridized carbons (Fsp3) is 0.562. The first kappa shape index (κ1) is 14.1. The molecule has 1 unspecified atom stereocenters. The van der Waals surface area contributed by atoms with Crippen molar-refractivity contribution < 1.29 is 4.79 Å². The van der Waals surface area contributed by atoms with E-state index in [9.17, 15) is 4.79 Å². The molecule has 104 valence electrons. The monoisotopic (exact) mass is 260 g/mol. The van der Waals surface area contributed by atoms with Crippen LogP contribution in [0.15, 0.2) is 24.3 Å². The van der Waals surface area contributed by atoms with Crippen LogP contribution in [0.3, 0.4) is 0 Å². The number of nitrogens with two attached hydrogens (primary N) is 1. The molecule has 3 nitrogen and oxygen atoms in total. The van der Waals surface area contributed by atoms with Crippen LogP contribution in [0.1, 0.15) is 43.7 Å². The second-order valence-corrected chi connectivity index (χ2v) is 5.59. The molecule has 2 atom stereocenters. The van der Waals surface area contributed by atoms with E-state index in [4.69, 9.17) is 5.73 Å². The third-order valence-electron chi connectivity index (χ3n) is 4.02. The first-order valence-electron chi connectivity index (χ1n) is 7.22. The van der Waals surface area contributed by atoms with Crippen LogP contribution in [0.5, 0.6) is 0 Å². The summed E-state index contributed by atoms with van der Waals surface area (Å²) in [6.07, 6.45) is 2.57. The standard InChI is InChI=1S/C16H24N2O/c1-3-13-4-6-14(7-5-13)12(2)10-16(19)18-9-8-15(17)11-18/h4-7,12,15H,3,8-11,17H2,1-2H3/t12?,15-/m1/s1. The van der Waals surface area contributed by atoms with Gasteiger partial charge in [-0.15, -0.1) is 0 Å². The van der Waals surface area contributed by atoms with Gasteiger partial charge >= 0.3 is 0 Å². The molecule has 1 aliphatic rings. The van der Waals surface area contributed by atoms with Crippen molar-refractivity contribution in [1.29, 1.82) is 0 Å². The Bertz CT molecular complexity index is 427. The molecule has 1 aliphatic heterocycles. The molecule has 0 bridgehead atoms. The minimum atomic E-state index is 0.170. The van der Waals surface area contributed by atoms with E-state index >= 15 is 0 Å². The Kier molecular flexibility index (Phi) is 4.59. The van der Waals surface area contributed by atoms with Crippen LogP contribution in [0.25, 0.3) is 0 Å². The summed E-state index contributed by atoms with van der Waals surface area (Å²) in [6, 6.07) is 8.77. The summed E-state index contributed by atoms with van der Waals surface area (Å²) in [4.78, 5) is 14.1. The maximum atomic E-state index is 12.2. The Morgan fingerprint density at radius 2 is 2.11 bits per heavy atom. The zero-order valence-corrected chi connectivity index (χ0v) is 11.9. The molecule has 2 N–H and O–H groups in total. The van der Waals surface area contributed by atoms with Gasteiger partial charge in [-0.1, -0.05) is 38.1 Å². The van der Waals surface area contributed by atoms with Gasteiger partial charge in [-0.3, -0.25) is 4.79 Å². The molecule has 1 amide bonds. The molecule has 0 aromatic heterocycles. The Labute approximate surface area is 115 Å². The van der Waals surface area contributed by atoms with Gasteiger partial charge in [0.2, 0.25) is 5.91 Å². The number of rotatable bonds is 4. The number of aryl methyl sites for hydroxylation is 1. The highest BCUT2D eigenvalue weighted by Gasteiger charge is 2.24. The normalized spacial score (nSPS) is 20.6. The number of benzene rings is 1. The Morgan fingerprint density at radius 1 is 1.42 bits per heavy atom. The molecule has 19 heavy (non-hydrogen) atoms. The van der Waals surface area contributed by atoms with Gasteiger partial charge in [0.1, 0.15) is 0 Å². The SMILES string of the molecule is CCc1ccc(C(C)CC(=O)N2CC[C@@H](N)C2)cc1. The lowest BCUT2D eigenvalue weighted by Gasteiger charge is -2.19. The number of hydrogen-bond donors (Lipinski definition) is 1. The predicted octanol–water partition coefficient (Wildman–Crippen LogP) is 2.30. The summed E-state index contributed by atoms with van der Waals surface area (Å²) in [5.74, 6) is 0.509. The number of hydrogen-bond acceptors (Lipinski definition) is 2. The topological polar surface area (TPSA) is 46.3 Å². The zero-order valence-electron chi connectivity index (χ0n) is 11.9. The van der Waals surface area contributed by atoms with Crippen molar-refractivity contribution in [2.45, 2.75) is 45.1 Å². The van der Waals surface area contributed by atoms with Crippen molar-refractivity contribution >= 4 is 5.91 Å². The molecule has 3 heteroatoms. The van der Waals surface area contributed by atoms with E-state index in [1.807, 2.05) is 4.90 Å². The van der Waals surface area contributed by atoms with Gasteiger partial charge in [0.15, 0.2) is 0 Å². The molecule has 0 saturated carbocycles. The van der Waals surface area contributed by atoms with Crippen molar-refractivity contribution in [1.82, 2.24) is 4.90 Å². The van der Waals surface area contributed by atoms with Gasteiger partial charge in [-0.25, -0.2) is 0 Å². The summed E-state index contributed by atoms with van der Waals surface area (Å²) in [7, 11) is 0. The Hall–Kier alpha value is -1.35. The van der Waals surface area contributed by atoms with Crippen LogP contribution in [0.2, 0.25) is 0 Å². The van der Waals surface area contributed by atoms with Gasteiger partial charge in [-0.05, 0) is 29.9 Å². The van der Waals surface area contributed by atoms with Gasteiger partial charge < -0.3 is 10.6 Å². The summed E-state index contributed by atoms with van der Waals surface area (Å²) in [5.41, 5.74) is 8.43. The molecule has 1 aromatic rings. The number of carbonyl (C=O) groups is 1. The average molecular weight is 260 g/mol. The highest BCUT2D eigenvalue weighted by atomic mass is 16.2. The maximum Gasteiger partial charge on any atom is 0.223 e. The number of carbonyl (C=O) groups excluding carboxylic acids is 1. The molecule has 1 fully saturated rings. The van der Waals surface area contributed by atoms with E-state index in [0.717, 1.165) is 25.9 Å². The van der Waals surface area contributed by atoms with Crippen LogP contribution in [-0.2, 0) is 11.2 Å². The number of nitrogens with zero attached hydrogens (tertiary/aromatic N) is 1. The summed E-state index contributed by atoms with van der Waals surface area (Å²) in [6.45, 7) is 5.81. The van der Waals surface area contributed by atoms with E-state index < -0.39 is 0 Å². The molecule has 0 aliphatic carbocycles. The number of amides is 1. The fourth-order valence-corrected chi connectivity index (χ4v) is 2.60. The zero-order chi connectivity index (χ0) is 13.8. The number of likely N-dealkylation sites (tertiary alicyclic amines) is 1. The molecular weight excluding hydrogens is 236 g/mol. The van der Waals surface area contributed by atoms with Crippen molar-refractivity contribution in [2.75, 3.05) is 13.1 Å². The van der Waals surface area contributed by atoms with Gasteiger partial charge in [0.25, 0.3) is 0 Å². The molecule has 1 heterocycles. The van der Waals surface area contributed by atoms with Gasteiger partial charge in [0, 0.05) is 25.6 Å². The van der Waals surface area contributed by atoms with E-state index in [2.05, 4.69) is 38.1 Å². The average Bonchev–Trinajstić information content (AvgIpc) is 2.85. The van der Waals surface area contributed by atoms with Crippen molar-refractivity contribution in [3.05, 3.63) is 35.4 Å². The van der Waals surface area contributed by atoms with E-state index in [-0.39, 0.29) is 17.9 Å². The van der Waals surface area contributed by atoms with Crippen LogP contribution in [0.4, 0.5) is 0 Å². The predicted molar refractivity (Wildman–Crippen MR) is 78.0 cm³/mol. The lowest BCUT2D eigenvalue weighted by atomic mass is 9.96. The lowest BCUT2D eigenvalue weighted by Crippen LogP contribution is -2.32. The minimum Gasteiger partial charge on any atom is -0.341 e. The summed E-state index contributed by atoms with van der Waals surface area (Å²) >= 11 is 0. The van der Waals surface area contributed by atoms with Gasteiger partial charge in [-0.2, -0.15) is 0 Å². The van der Waals surface area contributed by atoms with Crippen molar-refractivity contribution in [2.24, 2.45) is 5.73 Å². The second-order valence-electron chi connectivity index (χ2n) is 5.59. The third-order valence-corrected chi connectivity index (χ3v) is 4.02. The summed E-state index contributed by atoms with van der Waals surface area (Å²) in [5, 5.41) is 0. The minimum absolute atomic E-state index is 0.170. The van der Waals surface area contributed by atoms with Crippen LogP contribution < -0.4 is 5.73 Å². The second kappa shape index (κ2) is 6.20. The molecule has 1 aromatic carbocycles. The van der Waals surface area contributed by atoms with Crippen molar-refractivity contribution in [3.63, 3.8) is 0 Å². The quantitative estimate of drug-likeness (QED) is 0.903. The molecule has 0 spiro atoms. The Morgan fingerprint density at radius 3 is 2.63 bits per heavy atom. The smallest absolute Gasteiger partial charge is 0.223 e. The van der Waals surface area contributed by atoms with E-state index in [1.165, 1.54) is 11.1 Å². The largest absolute Gasteiger partial charge is 0.341 e. The molecule has 1 saturated heterocycles. The molecule has 0 radical (unpaired) electrons. The van der Waals surface area contributed by atoms with E-state index in [0.29, 0.717) is 6.42 Å². The molecular formula is C16H24N2O. The van der Waals surface area contributed by atoms with E-state index in [1.54, 1.807) is 0 Å². The Balaban J connectivity index is 1.92.